The fourth-order valence-electron chi connectivity index (χ4n) is 3.14. The van der Waals surface area contributed by atoms with Crippen molar-refractivity contribution in [1.82, 2.24) is 5.43 Å². The maximum atomic E-state index is 13.1. The summed E-state index contributed by atoms with van der Waals surface area (Å²) in [6, 6.07) is 14.5. The molecular weight excluding hydrogens is 565 g/mol. The standard InChI is InChI=1S/C24H20ClF3N4O6S/c1-39(36,37)31(22-12-18(24(26,27)28)6-11-21(22)25)14-23(33)30-29-13-16-4-9-20(10-5-16)38-15-17-2-7-19(8-3-17)32(34)35/h2-13H,14-15H2,1H3,(H,30,33)/b29-13-. The molecule has 15 heteroatoms. The minimum absolute atomic E-state index is 0.0297. The summed E-state index contributed by atoms with van der Waals surface area (Å²) in [5.74, 6) is -0.426. The van der Waals surface area contributed by atoms with E-state index in [1.165, 1.54) is 18.3 Å². The van der Waals surface area contributed by atoms with Gasteiger partial charge in [0, 0.05) is 12.1 Å². The molecule has 0 aromatic heterocycles. The van der Waals surface area contributed by atoms with Crippen molar-refractivity contribution in [3.05, 3.63) is 98.6 Å². The van der Waals surface area contributed by atoms with Gasteiger partial charge in [-0.1, -0.05) is 11.6 Å². The summed E-state index contributed by atoms with van der Waals surface area (Å²) in [7, 11) is -4.19. The van der Waals surface area contributed by atoms with Gasteiger partial charge in [0.25, 0.3) is 11.6 Å². The van der Waals surface area contributed by atoms with E-state index in [1.807, 2.05) is 0 Å². The number of nitrogens with zero attached hydrogens (tertiary/aromatic N) is 3. The molecule has 0 spiro atoms. The normalized spacial score (nSPS) is 11.8. The number of alkyl halides is 3. The second kappa shape index (κ2) is 12.1. The molecule has 0 fully saturated rings. The number of ether oxygens (including phenoxy) is 1. The van der Waals surface area contributed by atoms with Crippen LogP contribution in [0, 0.1) is 10.1 Å². The highest BCUT2D eigenvalue weighted by Gasteiger charge is 2.33. The molecule has 0 saturated heterocycles. The van der Waals surface area contributed by atoms with Gasteiger partial charge < -0.3 is 4.74 Å². The number of nitro benzene ring substituents is 1. The minimum Gasteiger partial charge on any atom is -0.489 e. The topological polar surface area (TPSA) is 131 Å². The van der Waals surface area contributed by atoms with Crippen molar-refractivity contribution < 1.29 is 36.0 Å². The molecule has 1 N–H and O–H groups in total. The Kier molecular flexibility index (Phi) is 9.14. The zero-order chi connectivity index (χ0) is 28.8. The van der Waals surface area contributed by atoms with Crippen LogP contribution in [-0.2, 0) is 27.6 Å². The summed E-state index contributed by atoms with van der Waals surface area (Å²) in [5.41, 5.74) is 1.73. The number of halogens is 4. The molecule has 39 heavy (non-hydrogen) atoms. The highest BCUT2D eigenvalue weighted by atomic mass is 35.5. The van der Waals surface area contributed by atoms with Gasteiger partial charge in [-0.15, -0.1) is 0 Å². The van der Waals surface area contributed by atoms with Gasteiger partial charge >= 0.3 is 6.18 Å². The number of rotatable bonds is 10. The molecule has 0 aliphatic carbocycles. The predicted octanol–water partition coefficient (Wildman–Crippen LogP) is 4.76. The molecule has 3 aromatic carbocycles. The third kappa shape index (κ3) is 8.41. The monoisotopic (exact) mass is 584 g/mol. The van der Waals surface area contributed by atoms with Crippen LogP contribution in [0.25, 0.3) is 0 Å². The number of hydrazone groups is 1. The maximum Gasteiger partial charge on any atom is 0.416 e. The number of carbonyl (C=O) groups is 1. The van der Waals surface area contributed by atoms with Gasteiger partial charge in [-0.05, 0) is 65.7 Å². The summed E-state index contributed by atoms with van der Waals surface area (Å²) in [4.78, 5) is 22.5. The van der Waals surface area contributed by atoms with Gasteiger partial charge in [0.2, 0.25) is 10.0 Å². The number of carbonyl (C=O) groups excluding carboxylic acids is 1. The lowest BCUT2D eigenvalue weighted by atomic mass is 10.2. The summed E-state index contributed by atoms with van der Waals surface area (Å²) in [6.45, 7) is -0.694. The van der Waals surface area contributed by atoms with Gasteiger partial charge in [-0.2, -0.15) is 18.3 Å². The fraction of sp³-hybridized carbons (Fsp3) is 0.167. The molecule has 0 bridgehead atoms. The SMILES string of the molecule is CS(=O)(=O)N(CC(=O)N/N=C\c1ccc(OCc2ccc([N+](=O)[O-])cc2)cc1)c1cc(C(F)(F)F)ccc1Cl. The first-order valence-electron chi connectivity index (χ1n) is 10.9. The molecule has 0 atom stereocenters. The lowest BCUT2D eigenvalue weighted by Crippen LogP contribution is -2.39. The van der Waals surface area contributed by atoms with E-state index in [0.717, 1.165) is 17.9 Å². The third-order valence-electron chi connectivity index (χ3n) is 5.07. The second-order valence-corrected chi connectivity index (χ2v) is 10.3. The molecule has 3 rings (SSSR count). The zero-order valence-electron chi connectivity index (χ0n) is 20.1. The Morgan fingerprint density at radius 1 is 1.13 bits per heavy atom. The highest BCUT2D eigenvalue weighted by molar-refractivity contribution is 7.92. The first-order chi connectivity index (χ1) is 18.2. The van der Waals surface area contributed by atoms with Crippen molar-refractivity contribution in [3.8, 4) is 5.75 Å². The molecule has 0 unspecified atom stereocenters. The van der Waals surface area contributed by atoms with Gasteiger partial charge in [-0.25, -0.2) is 13.8 Å². The van der Waals surface area contributed by atoms with E-state index in [4.69, 9.17) is 16.3 Å². The van der Waals surface area contributed by atoms with Crippen LogP contribution in [0.3, 0.4) is 0 Å². The predicted molar refractivity (Wildman–Crippen MR) is 138 cm³/mol. The number of nitrogens with one attached hydrogen (secondary N) is 1. The van der Waals surface area contributed by atoms with E-state index in [2.05, 4.69) is 10.5 Å². The Morgan fingerprint density at radius 3 is 2.33 bits per heavy atom. The first-order valence-corrected chi connectivity index (χ1v) is 13.1. The molecule has 0 saturated carbocycles. The number of sulfonamides is 1. The summed E-state index contributed by atoms with van der Waals surface area (Å²) >= 11 is 5.93. The Bertz CT molecular complexity index is 1480. The Balaban J connectivity index is 1.60. The van der Waals surface area contributed by atoms with Crippen LogP contribution in [-0.4, -0.2) is 38.3 Å². The summed E-state index contributed by atoms with van der Waals surface area (Å²) in [6.07, 6.45) is -2.76. The number of amides is 1. The van der Waals surface area contributed by atoms with E-state index in [9.17, 15) is 36.5 Å². The van der Waals surface area contributed by atoms with E-state index in [0.29, 0.717) is 27.8 Å². The van der Waals surface area contributed by atoms with Crippen LogP contribution in [0.4, 0.5) is 24.5 Å². The average molecular weight is 585 g/mol. The summed E-state index contributed by atoms with van der Waals surface area (Å²) < 4.78 is 69.8. The van der Waals surface area contributed by atoms with Crippen LogP contribution in [0.15, 0.2) is 71.8 Å². The van der Waals surface area contributed by atoms with Crippen LogP contribution >= 0.6 is 11.6 Å². The number of non-ortho nitro benzene ring substituents is 1. The third-order valence-corrected chi connectivity index (χ3v) is 6.51. The van der Waals surface area contributed by atoms with Crippen LogP contribution in [0.2, 0.25) is 5.02 Å². The van der Waals surface area contributed by atoms with Crippen LogP contribution in [0.5, 0.6) is 5.75 Å². The molecule has 10 nitrogen and oxygen atoms in total. The molecule has 3 aromatic rings. The van der Waals surface area contributed by atoms with E-state index >= 15 is 0 Å². The molecule has 0 aliphatic rings. The largest absolute Gasteiger partial charge is 0.489 e. The molecule has 0 aliphatic heterocycles. The van der Waals surface area contributed by atoms with Crippen molar-refractivity contribution >= 4 is 45.1 Å². The first kappa shape index (κ1) is 29.4. The molecule has 0 heterocycles. The van der Waals surface area contributed by atoms with Crippen molar-refractivity contribution in [2.24, 2.45) is 5.10 Å². The zero-order valence-corrected chi connectivity index (χ0v) is 21.6. The van der Waals surface area contributed by atoms with Gasteiger partial charge in [0.1, 0.15) is 18.9 Å². The van der Waals surface area contributed by atoms with Gasteiger partial charge in [-0.3, -0.25) is 19.2 Å². The number of benzene rings is 3. The smallest absolute Gasteiger partial charge is 0.416 e. The summed E-state index contributed by atoms with van der Waals surface area (Å²) in [5, 5.41) is 14.2. The maximum absolute atomic E-state index is 13.1. The number of anilines is 1. The van der Waals surface area contributed by atoms with Gasteiger partial charge in [0.15, 0.2) is 0 Å². The van der Waals surface area contributed by atoms with Crippen molar-refractivity contribution in [2.75, 3.05) is 17.1 Å². The number of hydrogen-bond acceptors (Lipinski definition) is 7. The lowest BCUT2D eigenvalue weighted by molar-refractivity contribution is -0.384. The lowest BCUT2D eigenvalue weighted by Gasteiger charge is -2.23. The molecule has 206 valence electrons. The Morgan fingerprint density at radius 2 is 1.77 bits per heavy atom. The van der Waals surface area contributed by atoms with E-state index < -0.39 is 44.8 Å². The van der Waals surface area contributed by atoms with Crippen molar-refractivity contribution in [2.45, 2.75) is 12.8 Å². The highest BCUT2D eigenvalue weighted by Crippen LogP contribution is 2.36. The molecule has 1 amide bonds. The van der Waals surface area contributed by atoms with Crippen molar-refractivity contribution in [3.63, 3.8) is 0 Å². The number of nitro groups is 1. The molecule has 0 radical (unpaired) electrons. The average Bonchev–Trinajstić information content (AvgIpc) is 2.86. The van der Waals surface area contributed by atoms with Crippen LogP contribution < -0.4 is 14.5 Å². The number of hydrogen-bond donors (Lipinski definition) is 1. The molecular formula is C24H20ClF3N4O6S. The minimum atomic E-state index is -4.75. The second-order valence-electron chi connectivity index (χ2n) is 8.01. The van der Waals surface area contributed by atoms with E-state index in [-0.39, 0.29) is 17.3 Å². The Hall–Kier alpha value is -4.17. The van der Waals surface area contributed by atoms with Crippen molar-refractivity contribution in [1.29, 1.82) is 0 Å². The quantitative estimate of drug-likeness (QED) is 0.208. The van der Waals surface area contributed by atoms with Crippen LogP contribution in [0.1, 0.15) is 16.7 Å². The Labute approximate surface area is 225 Å². The van der Waals surface area contributed by atoms with Gasteiger partial charge in [0.05, 0.1) is 33.7 Å². The van der Waals surface area contributed by atoms with E-state index in [1.54, 1.807) is 36.4 Å². The fourth-order valence-corrected chi connectivity index (χ4v) is 4.27.